The highest BCUT2D eigenvalue weighted by Gasteiger charge is 2.23. The first-order chi connectivity index (χ1) is 14.9. The second-order valence-electron chi connectivity index (χ2n) is 7.81. The van der Waals surface area contributed by atoms with Crippen LogP contribution in [-0.2, 0) is 24.4 Å². The van der Waals surface area contributed by atoms with E-state index in [9.17, 15) is 13.6 Å². The fraction of sp³-hybridized carbons (Fsp3) is 0.391. The van der Waals surface area contributed by atoms with Gasteiger partial charge in [0.05, 0.1) is 5.92 Å². The zero-order valence-electron chi connectivity index (χ0n) is 18.1. The number of carbonyl (C=O) groups is 1. The summed E-state index contributed by atoms with van der Waals surface area (Å²) in [6.07, 6.45) is 1.84. The summed E-state index contributed by atoms with van der Waals surface area (Å²) in [5.74, 6) is -0.743. The van der Waals surface area contributed by atoms with Crippen molar-refractivity contribution in [1.29, 1.82) is 0 Å². The first-order valence-corrected chi connectivity index (χ1v) is 10.4. The number of nitrogens with zero attached hydrogens (tertiary/aromatic N) is 2. The Kier molecular flexibility index (Phi) is 10.3. The number of carbonyl (C=O) groups excluding carboxylic acids is 1. The quantitative estimate of drug-likeness (QED) is 0.278. The van der Waals surface area contributed by atoms with Gasteiger partial charge in [0.2, 0.25) is 5.91 Å². The van der Waals surface area contributed by atoms with Crippen molar-refractivity contribution in [1.82, 2.24) is 15.5 Å². The summed E-state index contributed by atoms with van der Waals surface area (Å²) in [6, 6.07) is 11.6. The molecule has 0 spiro atoms. The van der Waals surface area contributed by atoms with Crippen molar-refractivity contribution < 1.29 is 13.6 Å². The number of primary amides is 1. The van der Waals surface area contributed by atoms with Gasteiger partial charge in [-0.2, -0.15) is 0 Å². The minimum absolute atomic E-state index is 0. The van der Waals surface area contributed by atoms with E-state index < -0.39 is 11.6 Å². The summed E-state index contributed by atoms with van der Waals surface area (Å²) in [5.41, 5.74) is 7.94. The van der Waals surface area contributed by atoms with Crippen LogP contribution in [0, 0.1) is 17.6 Å². The van der Waals surface area contributed by atoms with Crippen LogP contribution in [0.25, 0.3) is 0 Å². The van der Waals surface area contributed by atoms with Gasteiger partial charge >= 0.3 is 0 Å². The Morgan fingerprint density at radius 1 is 1.16 bits per heavy atom. The van der Waals surface area contributed by atoms with Crippen LogP contribution < -0.4 is 16.4 Å². The van der Waals surface area contributed by atoms with Crippen molar-refractivity contribution >= 4 is 35.8 Å². The summed E-state index contributed by atoms with van der Waals surface area (Å²) in [7, 11) is 1.62. The van der Waals surface area contributed by atoms with Crippen LogP contribution in [0.4, 0.5) is 8.78 Å². The SMILES string of the molecule is CN=C(NCc1cccc(CN2CCCC(C(N)=O)C2)c1)NCc1cc(F)ccc1F.I. The van der Waals surface area contributed by atoms with Crippen LogP contribution in [0.5, 0.6) is 0 Å². The number of aliphatic imine (C=N–C) groups is 1. The van der Waals surface area contributed by atoms with E-state index in [1.54, 1.807) is 7.05 Å². The van der Waals surface area contributed by atoms with Gasteiger partial charge in [0.25, 0.3) is 0 Å². The average Bonchev–Trinajstić information content (AvgIpc) is 2.76. The second-order valence-corrected chi connectivity index (χ2v) is 7.81. The maximum Gasteiger partial charge on any atom is 0.221 e. The Morgan fingerprint density at radius 2 is 1.91 bits per heavy atom. The number of benzene rings is 2. The normalized spacial score (nSPS) is 16.8. The second kappa shape index (κ2) is 12.7. The molecule has 0 aliphatic carbocycles. The monoisotopic (exact) mass is 557 g/mol. The zero-order chi connectivity index (χ0) is 22.2. The van der Waals surface area contributed by atoms with E-state index in [1.807, 2.05) is 12.1 Å². The summed E-state index contributed by atoms with van der Waals surface area (Å²) in [4.78, 5) is 17.9. The Balaban J connectivity index is 0.00000363. The van der Waals surface area contributed by atoms with Gasteiger partial charge in [0, 0.05) is 38.8 Å². The maximum atomic E-state index is 13.8. The minimum atomic E-state index is -0.478. The third-order valence-corrected chi connectivity index (χ3v) is 5.44. The molecular weight excluding hydrogens is 527 g/mol. The van der Waals surface area contributed by atoms with E-state index in [0.717, 1.165) is 49.2 Å². The number of amides is 1. The molecule has 1 saturated heterocycles. The van der Waals surface area contributed by atoms with E-state index in [4.69, 9.17) is 5.73 Å². The molecule has 0 bridgehead atoms. The van der Waals surface area contributed by atoms with Crippen LogP contribution in [-0.4, -0.2) is 36.9 Å². The molecule has 1 amide bonds. The molecule has 0 radical (unpaired) electrons. The molecule has 32 heavy (non-hydrogen) atoms. The van der Waals surface area contributed by atoms with Gasteiger partial charge in [0.15, 0.2) is 5.96 Å². The van der Waals surface area contributed by atoms with E-state index in [-0.39, 0.29) is 47.9 Å². The predicted molar refractivity (Wildman–Crippen MR) is 132 cm³/mol. The van der Waals surface area contributed by atoms with Gasteiger partial charge in [-0.3, -0.25) is 14.7 Å². The van der Waals surface area contributed by atoms with Crippen LogP contribution in [0.1, 0.15) is 29.5 Å². The largest absolute Gasteiger partial charge is 0.369 e. The molecule has 0 aromatic heterocycles. The molecular formula is C23H30F2IN5O. The smallest absolute Gasteiger partial charge is 0.221 e. The molecule has 1 aliphatic heterocycles. The first-order valence-electron chi connectivity index (χ1n) is 10.4. The highest BCUT2D eigenvalue weighted by atomic mass is 127. The number of guanidine groups is 1. The standard InChI is InChI=1S/C23H29F2N5O.HI/c1-27-23(29-13-19-11-20(24)7-8-21(19)25)28-12-16-4-2-5-17(10-16)14-30-9-3-6-18(15-30)22(26)31;/h2,4-5,7-8,10-11,18H,3,6,9,12-15H2,1H3,(H2,26,31)(H2,27,28,29);1H. The van der Waals surface area contributed by atoms with E-state index in [1.165, 1.54) is 6.07 Å². The highest BCUT2D eigenvalue weighted by molar-refractivity contribution is 14.0. The predicted octanol–water partition coefficient (Wildman–Crippen LogP) is 3.15. The van der Waals surface area contributed by atoms with Crippen LogP contribution in [0.3, 0.4) is 0 Å². The third kappa shape index (κ3) is 7.70. The van der Waals surface area contributed by atoms with Crippen molar-refractivity contribution in [2.45, 2.75) is 32.5 Å². The van der Waals surface area contributed by atoms with Gasteiger partial charge < -0.3 is 16.4 Å². The fourth-order valence-corrected chi connectivity index (χ4v) is 3.79. The fourth-order valence-electron chi connectivity index (χ4n) is 3.79. The molecule has 1 unspecified atom stereocenters. The molecule has 1 aliphatic rings. The lowest BCUT2D eigenvalue weighted by atomic mass is 9.97. The van der Waals surface area contributed by atoms with Crippen molar-refractivity contribution in [2.24, 2.45) is 16.6 Å². The Morgan fingerprint density at radius 3 is 2.66 bits per heavy atom. The third-order valence-electron chi connectivity index (χ3n) is 5.44. The van der Waals surface area contributed by atoms with Crippen LogP contribution in [0.2, 0.25) is 0 Å². The number of halogens is 3. The molecule has 9 heteroatoms. The number of rotatable bonds is 7. The molecule has 1 heterocycles. The van der Waals surface area contributed by atoms with E-state index >= 15 is 0 Å². The highest BCUT2D eigenvalue weighted by Crippen LogP contribution is 2.19. The van der Waals surface area contributed by atoms with Crippen molar-refractivity contribution in [2.75, 3.05) is 20.1 Å². The molecule has 2 aromatic rings. The molecule has 0 saturated carbocycles. The molecule has 6 nitrogen and oxygen atoms in total. The maximum absolute atomic E-state index is 13.8. The summed E-state index contributed by atoms with van der Waals surface area (Å²) < 4.78 is 27.1. The molecule has 1 atom stereocenters. The van der Waals surface area contributed by atoms with E-state index in [0.29, 0.717) is 19.0 Å². The van der Waals surface area contributed by atoms with Crippen molar-refractivity contribution in [3.63, 3.8) is 0 Å². The number of nitrogens with one attached hydrogen (secondary N) is 2. The molecule has 1 fully saturated rings. The van der Waals surface area contributed by atoms with Crippen LogP contribution >= 0.6 is 24.0 Å². The van der Waals surface area contributed by atoms with Crippen molar-refractivity contribution in [3.05, 3.63) is 70.8 Å². The summed E-state index contributed by atoms with van der Waals surface area (Å²) >= 11 is 0. The number of hydrogen-bond acceptors (Lipinski definition) is 3. The Hall–Kier alpha value is -2.27. The minimum Gasteiger partial charge on any atom is -0.369 e. The summed E-state index contributed by atoms with van der Waals surface area (Å²) in [6.45, 7) is 3.08. The van der Waals surface area contributed by atoms with Crippen molar-refractivity contribution in [3.8, 4) is 0 Å². The Bertz CT molecular complexity index is 940. The van der Waals surface area contributed by atoms with Crippen LogP contribution in [0.15, 0.2) is 47.5 Å². The van der Waals surface area contributed by atoms with Gasteiger partial charge in [0.1, 0.15) is 11.6 Å². The molecule has 2 aromatic carbocycles. The lowest BCUT2D eigenvalue weighted by Crippen LogP contribution is -2.40. The molecule has 174 valence electrons. The topological polar surface area (TPSA) is 82.8 Å². The number of likely N-dealkylation sites (tertiary alicyclic amines) is 1. The average molecular weight is 557 g/mol. The van der Waals surface area contributed by atoms with Gasteiger partial charge in [-0.05, 0) is 48.7 Å². The summed E-state index contributed by atoms with van der Waals surface area (Å²) in [5, 5.41) is 6.19. The number of hydrogen-bond donors (Lipinski definition) is 3. The van der Waals surface area contributed by atoms with Gasteiger partial charge in [-0.1, -0.05) is 24.3 Å². The number of nitrogens with two attached hydrogens (primary N) is 1. The lowest BCUT2D eigenvalue weighted by molar-refractivity contribution is -0.123. The molecule has 4 N–H and O–H groups in total. The zero-order valence-corrected chi connectivity index (χ0v) is 20.4. The Labute approximate surface area is 204 Å². The van der Waals surface area contributed by atoms with E-state index in [2.05, 4.69) is 32.7 Å². The van der Waals surface area contributed by atoms with Gasteiger partial charge in [-0.25, -0.2) is 8.78 Å². The molecule has 3 rings (SSSR count). The van der Waals surface area contributed by atoms with Gasteiger partial charge in [-0.15, -0.1) is 24.0 Å². The first kappa shape index (κ1) is 26.0. The lowest BCUT2D eigenvalue weighted by Gasteiger charge is -2.31. The number of piperidine rings is 1.